The van der Waals surface area contributed by atoms with Crippen molar-refractivity contribution < 1.29 is 14.3 Å². The van der Waals surface area contributed by atoms with Gasteiger partial charge >= 0.3 is 5.97 Å². The Balaban J connectivity index is 2.05. The number of carboxylic acids is 1. The second-order valence-corrected chi connectivity index (χ2v) is 4.65. The lowest BCUT2D eigenvalue weighted by Gasteiger charge is -1.93. The molecule has 0 bridgehead atoms. The van der Waals surface area contributed by atoms with Crippen LogP contribution in [0.4, 0.5) is 0 Å². The quantitative estimate of drug-likeness (QED) is 0.784. The van der Waals surface area contributed by atoms with Gasteiger partial charge in [-0.2, -0.15) is 11.3 Å². The Morgan fingerprint density at radius 1 is 1.39 bits per heavy atom. The van der Waals surface area contributed by atoms with Crippen molar-refractivity contribution in [2.45, 2.75) is 6.42 Å². The number of para-hydroxylation sites is 1. The second-order valence-electron chi connectivity index (χ2n) is 3.87. The van der Waals surface area contributed by atoms with E-state index in [1.54, 1.807) is 23.5 Å². The van der Waals surface area contributed by atoms with Crippen LogP contribution in [0.2, 0.25) is 0 Å². The van der Waals surface area contributed by atoms with E-state index >= 15 is 0 Å². The van der Waals surface area contributed by atoms with E-state index in [1.807, 2.05) is 16.8 Å². The predicted molar refractivity (Wildman–Crippen MR) is 68.1 cm³/mol. The van der Waals surface area contributed by atoms with Crippen molar-refractivity contribution in [2.75, 3.05) is 0 Å². The largest absolute Gasteiger partial charge is 0.478 e. The summed E-state index contributed by atoms with van der Waals surface area (Å²) in [6.07, 6.45) is 0.581. The van der Waals surface area contributed by atoms with Crippen LogP contribution >= 0.6 is 11.3 Å². The SMILES string of the molecule is O=C(O)c1cccc2nc(Cc3ccsc3)oc12. The number of thiophene rings is 1. The average molecular weight is 259 g/mol. The first-order valence-corrected chi connectivity index (χ1v) is 6.31. The molecule has 4 nitrogen and oxygen atoms in total. The first-order valence-electron chi connectivity index (χ1n) is 5.37. The fourth-order valence-corrected chi connectivity index (χ4v) is 2.48. The van der Waals surface area contributed by atoms with Gasteiger partial charge in [0.15, 0.2) is 11.5 Å². The number of rotatable bonds is 3. The molecular weight excluding hydrogens is 250 g/mol. The van der Waals surface area contributed by atoms with E-state index in [0.717, 1.165) is 5.56 Å². The van der Waals surface area contributed by atoms with Crippen LogP contribution in [-0.4, -0.2) is 16.1 Å². The summed E-state index contributed by atoms with van der Waals surface area (Å²) >= 11 is 1.61. The summed E-state index contributed by atoms with van der Waals surface area (Å²) in [7, 11) is 0. The molecule has 3 aromatic rings. The number of carboxylic acid groups (broad SMARTS) is 1. The van der Waals surface area contributed by atoms with Gasteiger partial charge in [-0.3, -0.25) is 0 Å². The Hall–Kier alpha value is -2.14. The summed E-state index contributed by atoms with van der Waals surface area (Å²) in [4.78, 5) is 15.4. The summed E-state index contributed by atoms with van der Waals surface area (Å²) in [6.45, 7) is 0. The highest BCUT2D eigenvalue weighted by atomic mass is 32.1. The van der Waals surface area contributed by atoms with Crippen LogP contribution in [0, 0.1) is 0 Å². The van der Waals surface area contributed by atoms with Gasteiger partial charge in [0.2, 0.25) is 0 Å². The Kier molecular flexibility index (Phi) is 2.60. The molecule has 90 valence electrons. The first-order chi connectivity index (χ1) is 8.74. The minimum Gasteiger partial charge on any atom is -0.478 e. The van der Waals surface area contributed by atoms with Crippen molar-refractivity contribution in [2.24, 2.45) is 0 Å². The lowest BCUT2D eigenvalue weighted by atomic mass is 10.2. The molecule has 5 heteroatoms. The molecule has 0 aliphatic rings. The minimum atomic E-state index is -1.00. The molecule has 0 aliphatic carbocycles. The maximum Gasteiger partial charge on any atom is 0.339 e. The topological polar surface area (TPSA) is 63.3 Å². The zero-order valence-corrected chi connectivity index (χ0v) is 10.1. The normalized spacial score (nSPS) is 10.9. The molecule has 0 amide bonds. The van der Waals surface area contributed by atoms with Crippen molar-refractivity contribution >= 4 is 28.4 Å². The average Bonchev–Trinajstić information content (AvgIpc) is 2.96. The van der Waals surface area contributed by atoms with Crippen LogP contribution < -0.4 is 0 Å². The summed E-state index contributed by atoms with van der Waals surface area (Å²) in [5, 5.41) is 13.1. The predicted octanol–water partition coefficient (Wildman–Crippen LogP) is 3.18. The Morgan fingerprint density at radius 3 is 3.00 bits per heavy atom. The van der Waals surface area contributed by atoms with Crippen LogP contribution in [0.3, 0.4) is 0 Å². The zero-order chi connectivity index (χ0) is 12.5. The van der Waals surface area contributed by atoms with E-state index < -0.39 is 5.97 Å². The van der Waals surface area contributed by atoms with Crippen LogP contribution in [-0.2, 0) is 6.42 Å². The van der Waals surface area contributed by atoms with Gasteiger partial charge in [0.05, 0.1) is 6.42 Å². The van der Waals surface area contributed by atoms with E-state index in [2.05, 4.69) is 4.98 Å². The number of oxazole rings is 1. The molecule has 0 saturated heterocycles. The number of aromatic carboxylic acids is 1. The number of hydrogen-bond acceptors (Lipinski definition) is 4. The third kappa shape index (κ3) is 1.89. The van der Waals surface area contributed by atoms with Gasteiger partial charge in [-0.1, -0.05) is 6.07 Å². The molecule has 2 heterocycles. The van der Waals surface area contributed by atoms with Crippen molar-refractivity contribution in [1.82, 2.24) is 4.98 Å². The summed E-state index contributed by atoms with van der Waals surface area (Å²) in [5.74, 6) is -0.462. The Bertz CT molecular complexity index is 700. The minimum absolute atomic E-state index is 0.150. The van der Waals surface area contributed by atoms with Gasteiger partial charge in [-0.15, -0.1) is 0 Å². The lowest BCUT2D eigenvalue weighted by Crippen LogP contribution is -1.95. The standard InChI is InChI=1S/C13H9NO3S/c15-13(16)9-2-1-3-10-12(9)17-11(14-10)6-8-4-5-18-7-8/h1-5,7H,6H2,(H,15,16). The summed E-state index contributed by atoms with van der Waals surface area (Å²) < 4.78 is 5.55. The number of nitrogens with zero attached hydrogens (tertiary/aromatic N) is 1. The number of hydrogen-bond donors (Lipinski definition) is 1. The molecule has 0 fully saturated rings. The number of benzene rings is 1. The molecule has 0 atom stereocenters. The van der Waals surface area contributed by atoms with Crippen LogP contribution in [0.1, 0.15) is 21.8 Å². The van der Waals surface area contributed by atoms with Crippen LogP contribution in [0.15, 0.2) is 39.4 Å². The molecule has 3 rings (SSSR count). The molecule has 18 heavy (non-hydrogen) atoms. The van der Waals surface area contributed by atoms with E-state index in [4.69, 9.17) is 9.52 Å². The van der Waals surface area contributed by atoms with E-state index in [9.17, 15) is 4.79 Å². The third-order valence-corrected chi connectivity index (χ3v) is 3.36. The molecule has 0 unspecified atom stereocenters. The zero-order valence-electron chi connectivity index (χ0n) is 9.29. The fourth-order valence-electron chi connectivity index (χ4n) is 1.81. The first kappa shape index (κ1) is 11.0. The fraction of sp³-hybridized carbons (Fsp3) is 0.0769. The highest BCUT2D eigenvalue weighted by Crippen LogP contribution is 2.22. The molecule has 0 spiro atoms. The van der Waals surface area contributed by atoms with Gasteiger partial charge in [-0.25, -0.2) is 9.78 Å². The molecule has 0 radical (unpaired) electrons. The van der Waals surface area contributed by atoms with Gasteiger partial charge in [0, 0.05) is 0 Å². The number of carbonyl (C=O) groups is 1. The summed E-state index contributed by atoms with van der Waals surface area (Å²) in [6, 6.07) is 6.94. The van der Waals surface area contributed by atoms with E-state index in [-0.39, 0.29) is 5.56 Å². The van der Waals surface area contributed by atoms with E-state index in [0.29, 0.717) is 23.4 Å². The highest BCUT2D eigenvalue weighted by molar-refractivity contribution is 7.07. The molecule has 1 N–H and O–H groups in total. The van der Waals surface area contributed by atoms with Gasteiger partial charge in [0.1, 0.15) is 11.1 Å². The van der Waals surface area contributed by atoms with Crippen molar-refractivity contribution in [1.29, 1.82) is 0 Å². The molecule has 0 saturated carbocycles. The van der Waals surface area contributed by atoms with Gasteiger partial charge in [0.25, 0.3) is 0 Å². The maximum absolute atomic E-state index is 11.1. The number of fused-ring (bicyclic) bond motifs is 1. The Morgan fingerprint density at radius 2 is 2.28 bits per heavy atom. The van der Waals surface area contributed by atoms with Crippen molar-refractivity contribution in [3.63, 3.8) is 0 Å². The summed E-state index contributed by atoms with van der Waals surface area (Å²) in [5.41, 5.74) is 2.19. The molecule has 1 aromatic carbocycles. The number of aromatic nitrogens is 1. The van der Waals surface area contributed by atoms with Crippen molar-refractivity contribution in [3.8, 4) is 0 Å². The molecular formula is C13H9NO3S. The van der Waals surface area contributed by atoms with Crippen molar-refractivity contribution in [3.05, 3.63) is 52.0 Å². The lowest BCUT2D eigenvalue weighted by molar-refractivity contribution is 0.0698. The smallest absolute Gasteiger partial charge is 0.339 e. The maximum atomic E-state index is 11.1. The van der Waals surface area contributed by atoms with Crippen LogP contribution in [0.25, 0.3) is 11.1 Å². The van der Waals surface area contributed by atoms with Gasteiger partial charge in [-0.05, 0) is 34.5 Å². The third-order valence-electron chi connectivity index (χ3n) is 2.63. The van der Waals surface area contributed by atoms with Gasteiger partial charge < -0.3 is 9.52 Å². The van der Waals surface area contributed by atoms with Crippen LogP contribution in [0.5, 0.6) is 0 Å². The second kappa shape index (κ2) is 4.27. The van der Waals surface area contributed by atoms with E-state index in [1.165, 1.54) is 6.07 Å². The molecule has 0 aliphatic heterocycles. The Labute approximate surface area is 107 Å². The molecule has 2 aromatic heterocycles. The monoisotopic (exact) mass is 259 g/mol. The highest BCUT2D eigenvalue weighted by Gasteiger charge is 2.14.